The molecule has 2 aromatic rings. The van der Waals surface area contributed by atoms with Crippen LogP contribution in [0.1, 0.15) is 29.3 Å². The van der Waals surface area contributed by atoms with Crippen molar-refractivity contribution in [3.05, 3.63) is 69.8 Å². The van der Waals surface area contributed by atoms with Crippen molar-refractivity contribution in [3.63, 3.8) is 0 Å². The number of nitro groups is 1. The zero-order valence-corrected chi connectivity index (χ0v) is 17.3. The molecule has 0 fully saturated rings. The number of hydrogen-bond donors (Lipinski definition) is 1. The lowest BCUT2D eigenvalue weighted by molar-refractivity contribution is -0.387. The van der Waals surface area contributed by atoms with Gasteiger partial charge in [0.2, 0.25) is 0 Å². The van der Waals surface area contributed by atoms with Gasteiger partial charge in [0.15, 0.2) is 16.4 Å². The Morgan fingerprint density at radius 2 is 1.83 bits per heavy atom. The molecular formula is C20H22N2O7S. The molecule has 1 atom stereocenters. The maximum Gasteiger partial charge on any atom is 0.338 e. The monoisotopic (exact) mass is 434 g/mol. The quantitative estimate of drug-likeness (QED) is 0.364. The van der Waals surface area contributed by atoms with Gasteiger partial charge in [-0.15, -0.1) is 0 Å². The first-order chi connectivity index (χ1) is 14.1. The summed E-state index contributed by atoms with van der Waals surface area (Å²) in [4.78, 5) is 33.8. The lowest BCUT2D eigenvalue weighted by Gasteiger charge is -2.14. The number of nitrogens with zero attached hydrogens (tertiary/aromatic N) is 1. The molecule has 0 spiro atoms. The Balaban J connectivity index is 1.91. The predicted octanol–water partition coefficient (Wildman–Crippen LogP) is 2.29. The van der Waals surface area contributed by atoms with Crippen LogP contribution in [0.2, 0.25) is 0 Å². The molecule has 0 bridgehead atoms. The number of hydrogen-bond acceptors (Lipinski definition) is 7. The number of nitrogens with one attached hydrogen (secondary N) is 1. The Morgan fingerprint density at radius 3 is 2.43 bits per heavy atom. The third-order valence-electron chi connectivity index (χ3n) is 4.24. The van der Waals surface area contributed by atoms with Crippen LogP contribution in [0.5, 0.6) is 0 Å². The largest absolute Gasteiger partial charge is 0.452 e. The molecule has 2 rings (SSSR count). The van der Waals surface area contributed by atoms with E-state index in [1.54, 1.807) is 0 Å². The third-order valence-corrected chi connectivity index (χ3v) is 5.39. The number of nitro benzene ring substituents is 1. The molecule has 0 saturated carbocycles. The van der Waals surface area contributed by atoms with Crippen LogP contribution in [0.3, 0.4) is 0 Å². The number of sulfone groups is 1. The Labute approximate surface area is 174 Å². The highest BCUT2D eigenvalue weighted by molar-refractivity contribution is 7.90. The molecule has 0 radical (unpaired) electrons. The van der Waals surface area contributed by atoms with Gasteiger partial charge in [-0.1, -0.05) is 30.3 Å². The molecule has 1 amide bonds. The standard InChI is InChI=1S/C20H22N2O7S/c1-14(8-9-15-6-4-3-5-7-15)21-19(23)13-29-20(24)16-10-11-18(30(2,27)28)17(12-16)22(25)26/h3-7,10-12,14H,8-9,13H2,1-2H3,(H,21,23)/t14-/m1/s1. The maximum atomic E-state index is 12.1. The minimum absolute atomic E-state index is 0.147. The fourth-order valence-corrected chi connectivity index (χ4v) is 3.56. The van der Waals surface area contributed by atoms with Crippen molar-refractivity contribution in [2.45, 2.75) is 30.7 Å². The van der Waals surface area contributed by atoms with E-state index in [0.29, 0.717) is 6.42 Å². The van der Waals surface area contributed by atoms with Gasteiger partial charge in [-0.05, 0) is 37.5 Å². The van der Waals surface area contributed by atoms with E-state index in [4.69, 9.17) is 4.74 Å². The lowest BCUT2D eigenvalue weighted by Crippen LogP contribution is -2.36. The van der Waals surface area contributed by atoms with Gasteiger partial charge in [0, 0.05) is 18.4 Å². The zero-order chi connectivity index (χ0) is 22.3. The summed E-state index contributed by atoms with van der Waals surface area (Å²) in [5, 5.41) is 13.8. The van der Waals surface area contributed by atoms with Crippen LogP contribution in [0.25, 0.3) is 0 Å². The van der Waals surface area contributed by atoms with Crippen molar-refractivity contribution in [2.75, 3.05) is 12.9 Å². The van der Waals surface area contributed by atoms with Crippen LogP contribution in [0.4, 0.5) is 5.69 Å². The van der Waals surface area contributed by atoms with Crippen LogP contribution < -0.4 is 5.32 Å². The van der Waals surface area contributed by atoms with E-state index in [1.807, 2.05) is 37.3 Å². The van der Waals surface area contributed by atoms with Gasteiger partial charge in [0.25, 0.3) is 11.6 Å². The predicted molar refractivity (Wildman–Crippen MR) is 109 cm³/mol. The van der Waals surface area contributed by atoms with E-state index in [0.717, 1.165) is 36.4 Å². The second-order valence-electron chi connectivity index (χ2n) is 6.78. The Bertz CT molecular complexity index is 1040. The lowest BCUT2D eigenvalue weighted by atomic mass is 10.1. The highest BCUT2D eigenvalue weighted by atomic mass is 32.2. The molecular weight excluding hydrogens is 412 g/mol. The number of esters is 1. The number of carbonyl (C=O) groups is 2. The van der Waals surface area contributed by atoms with E-state index in [-0.39, 0.29) is 11.6 Å². The molecule has 30 heavy (non-hydrogen) atoms. The molecule has 0 aliphatic rings. The van der Waals surface area contributed by atoms with Crippen molar-refractivity contribution in [3.8, 4) is 0 Å². The van der Waals surface area contributed by atoms with Crippen molar-refractivity contribution in [1.29, 1.82) is 0 Å². The highest BCUT2D eigenvalue weighted by Crippen LogP contribution is 2.25. The molecule has 9 nitrogen and oxygen atoms in total. The first-order valence-electron chi connectivity index (χ1n) is 9.07. The number of benzene rings is 2. The first-order valence-corrected chi connectivity index (χ1v) is 11.0. The molecule has 0 heterocycles. The fraction of sp³-hybridized carbons (Fsp3) is 0.300. The minimum atomic E-state index is -3.84. The van der Waals surface area contributed by atoms with Gasteiger partial charge in [-0.25, -0.2) is 13.2 Å². The van der Waals surface area contributed by atoms with Crippen LogP contribution in [-0.2, 0) is 25.8 Å². The topological polar surface area (TPSA) is 133 Å². The molecule has 160 valence electrons. The number of aryl methyl sites for hydroxylation is 1. The van der Waals surface area contributed by atoms with E-state index in [2.05, 4.69) is 5.32 Å². The number of carbonyl (C=O) groups excluding carboxylic acids is 2. The summed E-state index contributed by atoms with van der Waals surface area (Å²) >= 11 is 0. The van der Waals surface area contributed by atoms with E-state index < -0.39 is 43.8 Å². The van der Waals surface area contributed by atoms with Crippen LogP contribution in [-0.4, -0.2) is 44.1 Å². The Morgan fingerprint density at radius 1 is 1.17 bits per heavy atom. The molecule has 10 heteroatoms. The van der Waals surface area contributed by atoms with Crippen molar-refractivity contribution < 1.29 is 27.7 Å². The number of rotatable bonds is 9. The van der Waals surface area contributed by atoms with E-state index in [9.17, 15) is 28.1 Å². The van der Waals surface area contributed by atoms with Crippen LogP contribution >= 0.6 is 0 Å². The van der Waals surface area contributed by atoms with Crippen LogP contribution in [0, 0.1) is 10.1 Å². The second-order valence-corrected chi connectivity index (χ2v) is 8.76. The van der Waals surface area contributed by atoms with Gasteiger partial charge in [0.1, 0.15) is 4.90 Å². The van der Waals surface area contributed by atoms with Crippen molar-refractivity contribution in [1.82, 2.24) is 5.32 Å². The summed E-state index contributed by atoms with van der Waals surface area (Å²) in [5.41, 5.74) is 0.189. The average Bonchev–Trinajstić information content (AvgIpc) is 2.70. The molecule has 0 unspecified atom stereocenters. The molecule has 2 aromatic carbocycles. The summed E-state index contributed by atoms with van der Waals surface area (Å²) < 4.78 is 28.1. The molecule has 0 aliphatic heterocycles. The highest BCUT2D eigenvalue weighted by Gasteiger charge is 2.24. The van der Waals surface area contributed by atoms with E-state index in [1.165, 1.54) is 0 Å². The summed E-state index contributed by atoms with van der Waals surface area (Å²) in [5.74, 6) is -1.48. The summed E-state index contributed by atoms with van der Waals surface area (Å²) in [6, 6.07) is 12.5. The smallest absolute Gasteiger partial charge is 0.338 e. The van der Waals surface area contributed by atoms with Crippen molar-refractivity contribution in [2.24, 2.45) is 0 Å². The maximum absolute atomic E-state index is 12.1. The average molecular weight is 434 g/mol. The van der Waals surface area contributed by atoms with Gasteiger partial charge >= 0.3 is 5.97 Å². The molecule has 0 aromatic heterocycles. The zero-order valence-electron chi connectivity index (χ0n) is 16.5. The number of amides is 1. The SMILES string of the molecule is C[C@H](CCc1ccccc1)NC(=O)COC(=O)c1ccc(S(C)(=O)=O)c([N+](=O)[O-])c1. The molecule has 0 aliphatic carbocycles. The molecule has 1 N–H and O–H groups in total. The van der Waals surface area contributed by atoms with Gasteiger partial charge in [-0.3, -0.25) is 14.9 Å². The third kappa shape index (κ3) is 6.66. The number of ether oxygens (including phenoxy) is 1. The minimum Gasteiger partial charge on any atom is -0.452 e. The fourth-order valence-electron chi connectivity index (χ4n) is 2.73. The van der Waals surface area contributed by atoms with Gasteiger partial charge in [-0.2, -0.15) is 0 Å². The van der Waals surface area contributed by atoms with Gasteiger partial charge < -0.3 is 10.1 Å². The Kier molecular flexibility index (Phi) is 7.65. The first kappa shape index (κ1) is 23.0. The Hall–Kier alpha value is -3.27. The van der Waals surface area contributed by atoms with Crippen LogP contribution in [0.15, 0.2) is 53.4 Å². The van der Waals surface area contributed by atoms with E-state index >= 15 is 0 Å². The molecule has 0 saturated heterocycles. The summed E-state index contributed by atoms with van der Waals surface area (Å²) in [6.07, 6.45) is 2.30. The summed E-state index contributed by atoms with van der Waals surface area (Å²) in [6.45, 7) is 1.27. The normalized spacial score (nSPS) is 12.1. The summed E-state index contributed by atoms with van der Waals surface area (Å²) in [7, 11) is -3.84. The second kappa shape index (κ2) is 9.97. The van der Waals surface area contributed by atoms with Crippen molar-refractivity contribution >= 4 is 27.4 Å². The van der Waals surface area contributed by atoms with Gasteiger partial charge in [0.05, 0.1) is 10.5 Å².